The van der Waals surface area contributed by atoms with Gasteiger partial charge in [0.05, 0.1) is 5.69 Å². The number of aryl methyl sites for hydroxylation is 1. The average molecular weight is 412 g/mol. The summed E-state index contributed by atoms with van der Waals surface area (Å²) in [6.45, 7) is 4.09. The standard InChI is InChI=1S/C23H26BrNO/c1-14-5-19(13-26)15(2)25(14)22-4-3-20(9-21(22)24)23-10-16-6-17(11-23)8-18(7-16)12-23/h3-5,9,13,16-18H,6-8,10-12H2,1-2H3. The molecule has 3 heteroatoms. The highest BCUT2D eigenvalue weighted by atomic mass is 79.9. The first-order valence-electron chi connectivity index (χ1n) is 9.93. The monoisotopic (exact) mass is 411 g/mol. The van der Waals surface area contributed by atoms with E-state index in [2.05, 4.69) is 45.6 Å². The van der Waals surface area contributed by atoms with E-state index in [4.69, 9.17) is 0 Å². The molecule has 0 amide bonds. The normalized spacial score (nSPS) is 32.2. The number of hydrogen-bond acceptors (Lipinski definition) is 1. The van der Waals surface area contributed by atoms with E-state index in [1.54, 1.807) is 0 Å². The van der Waals surface area contributed by atoms with Gasteiger partial charge in [-0.1, -0.05) is 6.07 Å². The molecule has 2 aromatic rings. The van der Waals surface area contributed by atoms with Crippen LogP contribution < -0.4 is 0 Å². The lowest BCUT2D eigenvalue weighted by Gasteiger charge is -2.57. The second-order valence-electron chi connectivity index (χ2n) is 9.14. The third kappa shape index (κ3) is 2.39. The molecule has 0 atom stereocenters. The number of halogens is 1. The highest BCUT2D eigenvalue weighted by Gasteiger charge is 2.51. The lowest BCUT2D eigenvalue weighted by atomic mass is 9.48. The zero-order valence-electron chi connectivity index (χ0n) is 15.6. The summed E-state index contributed by atoms with van der Waals surface area (Å²) in [5.74, 6) is 2.89. The second kappa shape index (κ2) is 5.82. The molecule has 0 unspecified atom stereocenters. The number of carbonyl (C=O) groups excluding carboxylic acids is 1. The highest BCUT2D eigenvalue weighted by Crippen LogP contribution is 2.60. The fourth-order valence-corrected chi connectivity index (χ4v) is 7.32. The van der Waals surface area contributed by atoms with E-state index in [0.29, 0.717) is 5.41 Å². The summed E-state index contributed by atoms with van der Waals surface area (Å²) in [7, 11) is 0. The molecule has 0 saturated heterocycles. The fraction of sp³-hybridized carbons (Fsp3) is 0.522. The molecule has 0 aliphatic heterocycles. The number of carbonyl (C=O) groups is 1. The predicted octanol–water partition coefficient (Wildman–Crippen LogP) is 6.14. The molecule has 26 heavy (non-hydrogen) atoms. The van der Waals surface area contributed by atoms with Crippen LogP contribution in [-0.4, -0.2) is 10.9 Å². The Morgan fingerprint density at radius 3 is 2.15 bits per heavy atom. The van der Waals surface area contributed by atoms with Gasteiger partial charge in [0.25, 0.3) is 0 Å². The first-order chi connectivity index (χ1) is 12.5. The number of rotatable bonds is 3. The molecule has 0 radical (unpaired) electrons. The van der Waals surface area contributed by atoms with Gasteiger partial charge in [0.2, 0.25) is 0 Å². The molecule has 6 rings (SSSR count). The smallest absolute Gasteiger partial charge is 0.151 e. The van der Waals surface area contributed by atoms with E-state index in [9.17, 15) is 4.79 Å². The number of benzene rings is 1. The number of aldehydes is 1. The molecule has 4 saturated carbocycles. The van der Waals surface area contributed by atoms with Crippen LogP contribution in [0.5, 0.6) is 0 Å². The van der Waals surface area contributed by atoms with Crippen molar-refractivity contribution in [2.75, 3.05) is 0 Å². The summed E-state index contributed by atoms with van der Waals surface area (Å²) in [5.41, 5.74) is 5.99. The third-order valence-electron chi connectivity index (χ3n) is 7.44. The average Bonchev–Trinajstić information content (AvgIpc) is 2.87. The van der Waals surface area contributed by atoms with Crippen LogP contribution in [0.15, 0.2) is 28.7 Å². The highest BCUT2D eigenvalue weighted by molar-refractivity contribution is 9.10. The Hall–Kier alpha value is -1.35. The summed E-state index contributed by atoms with van der Waals surface area (Å²) in [4.78, 5) is 11.3. The third-order valence-corrected chi connectivity index (χ3v) is 8.07. The molecule has 4 bridgehead atoms. The lowest BCUT2D eigenvalue weighted by molar-refractivity contribution is -0.00521. The Kier molecular flexibility index (Phi) is 3.76. The number of nitrogens with zero attached hydrogens (tertiary/aromatic N) is 1. The van der Waals surface area contributed by atoms with Gasteiger partial charge in [-0.3, -0.25) is 4.79 Å². The molecule has 2 nitrogen and oxygen atoms in total. The topological polar surface area (TPSA) is 22.0 Å². The van der Waals surface area contributed by atoms with E-state index in [-0.39, 0.29) is 0 Å². The van der Waals surface area contributed by atoms with Crippen LogP contribution in [0.1, 0.15) is 65.8 Å². The molecule has 136 valence electrons. The molecule has 1 heterocycles. The molecule has 1 aromatic heterocycles. The first kappa shape index (κ1) is 16.8. The van der Waals surface area contributed by atoms with Crippen LogP contribution in [0.25, 0.3) is 5.69 Å². The molecular formula is C23H26BrNO. The molecule has 1 aromatic carbocycles. The van der Waals surface area contributed by atoms with Crippen molar-refractivity contribution in [2.24, 2.45) is 17.8 Å². The molecule has 4 aliphatic rings. The van der Waals surface area contributed by atoms with Gasteiger partial charge in [-0.15, -0.1) is 0 Å². The van der Waals surface area contributed by atoms with Crippen molar-refractivity contribution in [2.45, 2.75) is 57.8 Å². The molecule has 0 N–H and O–H groups in total. The van der Waals surface area contributed by atoms with E-state index in [1.165, 1.54) is 44.1 Å². The molecule has 4 fully saturated rings. The van der Waals surface area contributed by atoms with Gasteiger partial charge in [0, 0.05) is 21.4 Å². The van der Waals surface area contributed by atoms with Crippen molar-refractivity contribution < 1.29 is 4.79 Å². The van der Waals surface area contributed by atoms with Crippen LogP contribution >= 0.6 is 15.9 Å². The van der Waals surface area contributed by atoms with Gasteiger partial charge in [-0.2, -0.15) is 0 Å². The fourth-order valence-electron chi connectivity index (χ4n) is 6.76. The molecular weight excluding hydrogens is 386 g/mol. The van der Waals surface area contributed by atoms with E-state index in [0.717, 1.165) is 51.2 Å². The Balaban J connectivity index is 1.56. The Morgan fingerprint density at radius 2 is 1.65 bits per heavy atom. The zero-order valence-corrected chi connectivity index (χ0v) is 17.2. The predicted molar refractivity (Wildman–Crippen MR) is 108 cm³/mol. The van der Waals surface area contributed by atoms with Crippen molar-refractivity contribution in [1.82, 2.24) is 4.57 Å². The maximum atomic E-state index is 11.3. The van der Waals surface area contributed by atoms with Crippen molar-refractivity contribution in [3.63, 3.8) is 0 Å². The largest absolute Gasteiger partial charge is 0.317 e. The zero-order chi connectivity index (χ0) is 18.1. The van der Waals surface area contributed by atoms with E-state index < -0.39 is 0 Å². The van der Waals surface area contributed by atoms with Gasteiger partial charge < -0.3 is 4.57 Å². The minimum atomic E-state index is 0.421. The van der Waals surface area contributed by atoms with E-state index >= 15 is 0 Å². The first-order valence-corrected chi connectivity index (χ1v) is 10.7. The second-order valence-corrected chi connectivity index (χ2v) is 10.00. The number of aromatic nitrogens is 1. The summed E-state index contributed by atoms with van der Waals surface area (Å²) < 4.78 is 3.34. The maximum Gasteiger partial charge on any atom is 0.151 e. The van der Waals surface area contributed by atoms with Gasteiger partial charge in [0.1, 0.15) is 0 Å². The number of hydrogen-bond donors (Lipinski definition) is 0. The van der Waals surface area contributed by atoms with Crippen LogP contribution in [0, 0.1) is 31.6 Å². The van der Waals surface area contributed by atoms with Gasteiger partial charge in [-0.05, 0) is 115 Å². The van der Waals surface area contributed by atoms with Crippen molar-refractivity contribution >= 4 is 22.2 Å². The molecule has 0 spiro atoms. The van der Waals surface area contributed by atoms with Gasteiger partial charge in [0.15, 0.2) is 6.29 Å². The molecule has 4 aliphatic carbocycles. The summed E-state index contributed by atoms with van der Waals surface area (Å²) >= 11 is 3.85. The summed E-state index contributed by atoms with van der Waals surface area (Å²) in [6, 6.07) is 8.98. The Labute approximate surface area is 164 Å². The van der Waals surface area contributed by atoms with E-state index in [1.807, 2.05) is 13.0 Å². The minimum Gasteiger partial charge on any atom is -0.317 e. The van der Waals surface area contributed by atoms with Gasteiger partial charge in [-0.25, -0.2) is 0 Å². The van der Waals surface area contributed by atoms with Crippen LogP contribution in [0.3, 0.4) is 0 Å². The van der Waals surface area contributed by atoms with Crippen molar-refractivity contribution in [3.05, 3.63) is 51.3 Å². The van der Waals surface area contributed by atoms with Crippen LogP contribution in [0.2, 0.25) is 0 Å². The minimum absolute atomic E-state index is 0.421. The summed E-state index contributed by atoms with van der Waals surface area (Å²) in [5, 5.41) is 0. The lowest BCUT2D eigenvalue weighted by Crippen LogP contribution is -2.48. The quantitative estimate of drug-likeness (QED) is 0.556. The summed E-state index contributed by atoms with van der Waals surface area (Å²) in [6.07, 6.45) is 9.57. The Bertz CT molecular complexity index is 859. The van der Waals surface area contributed by atoms with Crippen molar-refractivity contribution in [1.29, 1.82) is 0 Å². The SMILES string of the molecule is Cc1cc(C=O)c(C)n1-c1ccc(C23CC4CC(CC(C4)C2)C3)cc1Br. The van der Waals surface area contributed by atoms with Crippen LogP contribution in [-0.2, 0) is 5.41 Å². The van der Waals surface area contributed by atoms with Gasteiger partial charge >= 0.3 is 0 Å². The van der Waals surface area contributed by atoms with Crippen molar-refractivity contribution in [3.8, 4) is 5.69 Å². The maximum absolute atomic E-state index is 11.3. The Morgan fingerprint density at radius 1 is 1.04 bits per heavy atom. The van der Waals surface area contributed by atoms with Crippen LogP contribution in [0.4, 0.5) is 0 Å².